The van der Waals surface area contributed by atoms with Crippen molar-refractivity contribution in [2.24, 2.45) is 7.05 Å². The molecule has 0 spiro atoms. The molecule has 1 aromatic heterocycles. The molecule has 2 heteroatoms. The first-order chi connectivity index (χ1) is 6.27. The Hall–Kier alpha value is -1.57. The maximum absolute atomic E-state index is 4.26. The van der Waals surface area contributed by atoms with Gasteiger partial charge in [-0.2, -0.15) is 0 Å². The van der Waals surface area contributed by atoms with E-state index in [-0.39, 0.29) is 0 Å². The van der Waals surface area contributed by atoms with Crippen molar-refractivity contribution in [2.75, 3.05) is 0 Å². The molecule has 0 aliphatic heterocycles. The predicted octanol–water partition coefficient (Wildman–Crippen LogP) is 2.27. The highest BCUT2D eigenvalue weighted by molar-refractivity contribution is 5.56. The number of benzene rings is 1. The van der Waals surface area contributed by atoms with E-state index < -0.39 is 0 Å². The van der Waals surface area contributed by atoms with Gasteiger partial charge in [0, 0.05) is 25.0 Å². The lowest BCUT2D eigenvalue weighted by Gasteiger charge is -2.01. The topological polar surface area (TPSA) is 17.8 Å². The van der Waals surface area contributed by atoms with E-state index in [0.29, 0.717) is 0 Å². The molecule has 0 aliphatic rings. The van der Waals surface area contributed by atoms with E-state index in [9.17, 15) is 0 Å². The highest BCUT2D eigenvalue weighted by Gasteiger charge is 2.01. The Morgan fingerprint density at radius 1 is 1.38 bits per heavy atom. The number of hydrogen-bond donors (Lipinski definition) is 0. The van der Waals surface area contributed by atoms with E-state index in [0.717, 1.165) is 17.0 Å². The van der Waals surface area contributed by atoms with Crippen LogP contribution in [-0.4, -0.2) is 9.55 Å². The summed E-state index contributed by atoms with van der Waals surface area (Å²) in [7, 11) is 1.98. The van der Waals surface area contributed by atoms with E-state index in [2.05, 4.69) is 11.9 Å². The molecule has 0 aliphatic carbocycles. The van der Waals surface area contributed by atoms with Crippen LogP contribution >= 0.6 is 0 Å². The largest absolute Gasteiger partial charge is 0.334 e. The van der Waals surface area contributed by atoms with Gasteiger partial charge in [-0.05, 0) is 18.6 Å². The fourth-order valence-electron chi connectivity index (χ4n) is 1.35. The second kappa shape index (κ2) is 3.05. The summed E-state index contributed by atoms with van der Waals surface area (Å²) in [5.41, 5.74) is 2.13. The standard InChI is InChI=1S/C11H11N2/c1-9-4-3-5-10(8-9)11-12-6-7-13(11)2/h3-8H,1H2,2H3. The van der Waals surface area contributed by atoms with Crippen molar-refractivity contribution < 1.29 is 0 Å². The Balaban J connectivity index is 2.53. The molecular formula is C11H11N2. The maximum atomic E-state index is 4.26. The van der Waals surface area contributed by atoms with Crippen LogP contribution in [-0.2, 0) is 7.05 Å². The smallest absolute Gasteiger partial charge is 0.139 e. The van der Waals surface area contributed by atoms with Crippen molar-refractivity contribution >= 4 is 0 Å². The zero-order valence-corrected chi connectivity index (χ0v) is 7.57. The molecule has 65 valence electrons. The van der Waals surface area contributed by atoms with Crippen LogP contribution in [0.2, 0.25) is 0 Å². The summed E-state index contributed by atoms with van der Waals surface area (Å²) < 4.78 is 1.99. The van der Waals surface area contributed by atoms with Crippen molar-refractivity contribution in [1.29, 1.82) is 0 Å². The third-order valence-corrected chi connectivity index (χ3v) is 2.01. The average molecular weight is 171 g/mol. The lowest BCUT2D eigenvalue weighted by molar-refractivity contribution is 0.925. The van der Waals surface area contributed by atoms with Gasteiger partial charge in [-0.3, -0.25) is 0 Å². The summed E-state index contributed by atoms with van der Waals surface area (Å²) in [5.74, 6) is 0.977. The van der Waals surface area contributed by atoms with Crippen LogP contribution in [0.25, 0.3) is 11.4 Å². The minimum Gasteiger partial charge on any atom is -0.334 e. The van der Waals surface area contributed by atoms with E-state index in [1.165, 1.54) is 0 Å². The lowest BCUT2D eigenvalue weighted by atomic mass is 10.1. The number of rotatable bonds is 1. The highest BCUT2D eigenvalue weighted by atomic mass is 15.0. The Morgan fingerprint density at radius 2 is 2.23 bits per heavy atom. The van der Waals surface area contributed by atoms with Crippen LogP contribution in [0, 0.1) is 6.92 Å². The van der Waals surface area contributed by atoms with Gasteiger partial charge >= 0.3 is 0 Å². The molecule has 13 heavy (non-hydrogen) atoms. The van der Waals surface area contributed by atoms with Gasteiger partial charge in [-0.15, -0.1) is 0 Å². The molecule has 0 amide bonds. The first-order valence-corrected chi connectivity index (χ1v) is 4.17. The summed E-state index contributed by atoms with van der Waals surface area (Å²) in [6.07, 6.45) is 3.73. The summed E-state index contributed by atoms with van der Waals surface area (Å²) in [5, 5.41) is 0. The molecule has 0 saturated heterocycles. The molecule has 1 radical (unpaired) electrons. The van der Waals surface area contributed by atoms with Crippen LogP contribution in [0.4, 0.5) is 0 Å². The summed E-state index contributed by atoms with van der Waals surface area (Å²) in [6, 6.07) is 8.04. The van der Waals surface area contributed by atoms with Gasteiger partial charge in [0.05, 0.1) is 0 Å². The molecular weight excluding hydrogens is 160 g/mol. The van der Waals surface area contributed by atoms with Gasteiger partial charge in [-0.25, -0.2) is 4.98 Å². The average Bonchev–Trinajstić information content (AvgIpc) is 2.51. The van der Waals surface area contributed by atoms with Gasteiger partial charge in [0.15, 0.2) is 0 Å². The fraction of sp³-hybridized carbons (Fsp3) is 0.0909. The van der Waals surface area contributed by atoms with Gasteiger partial charge in [0.1, 0.15) is 5.82 Å². The lowest BCUT2D eigenvalue weighted by Crippen LogP contribution is -1.90. The van der Waals surface area contributed by atoms with E-state index in [1.54, 1.807) is 6.20 Å². The van der Waals surface area contributed by atoms with E-state index >= 15 is 0 Å². The van der Waals surface area contributed by atoms with Crippen molar-refractivity contribution in [1.82, 2.24) is 9.55 Å². The highest BCUT2D eigenvalue weighted by Crippen LogP contribution is 2.16. The molecule has 0 N–H and O–H groups in total. The molecule has 2 rings (SSSR count). The van der Waals surface area contributed by atoms with Crippen LogP contribution in [0.15, 0.2) is 36.7 Å². The number of nitrogens with zero attached hydrogens (tertiary/aromatic N) is 2. The first kappa shape index (κ1) is 8.05. The van der Waals surface area contributed by atoms with Gasteiger partial charge in [-0.1, -0.05) is 18.2 Å². The van der Waals surface area contributed by atoms with Crippen LogP contribution in [0.1, 0.15) is 5.56 Å². The Labute approximate surface area is 77.9 Å². The minimum absolute atomic E-state index is 0.977. The molecule has 0 fully saturated rings. The monoisotopic (exact) mass is 171 g/mol. The SMILES string of the molecule is [CH2]c1cccc(-c2nccn2C)c1. The second-order valence-electron chi connectivity index (χ2n) is 3.06. The third kappa shape index (κ3) is 1.47. The number of imidazole rings is 1. The summed E-state index contributed by atoms with van der Waals surface area (Å²) in [4.78, 5) is 4.26. The summed E-state index contributed by atoms with van der Waals surface area (Å²) >= 11 is 0. The molecule has 0 unspecified atom stereocenters. The molecule has 2 aromatic rings. The van der Waals surface area contributed by atoms with E-state index in [4.69, 9.17) is 0 Å². The zero-order chi connectivity index (χ0) is 9.26. The third-order valence-electron chi connectivity index (χ3n) is 2.01. The maximum Gasteiger partial charge on any atom is 0.139 e. The van der Waals surface area contributed by atoms with Crippen LogP contribution < -0.4 is 0 Å². The van der Waals surface area contributed by atoms with Crippen molar-refractivity contribution in [3.8, 4) is 11.4 Å². The molecule has 1 aromatic carbocycles. The molecule has 2 nitrogen and oxygen atoms in total. The van der Waals surface area contributed by atoms with Crippen LogP contribution in [0.3, 0.4) is 0 Å². The number of aryl methyl sites for hydroxylation is 1. The normalized spacial score (nSPS) is 10.3. The first-order valence-electron chi connectivity index (χ1n) is 4.17. The predicted molar refractivity (Wildman–Crippen MR) is 53.1 cm³/mol. The Kier molecular flexibility index (Phi) is 1.89. The van der Waals surface area contributed by atoms with E-state index in [1.807, 2.05) is 42.1 Å². The van der Waals surface area contributed by atoms with Crippen molar-refractivity contribution in [3.63, 3.8) is 0 Å². The molecule has 0 saturated carbocycles. The van der Waals surface area contributed by atoms with Gasteiger partial charge in [0.25, 0.3) is 0 Å². The number of aromatic nitrogens is 2. The molecule has 1 heterocycles. The van der Waals surface area contributed by atoms with Crippen molar-refractivity contribution in [3.05, 3.63) is 49.1 Å². The molecule has 0 bridgehead atoms. The quantitative estimate of drug-likeness (QED) is 0.643. The second-order valence-corrected chi connectivity index (χ2v) is 3.06. The van der Waals surface area contributed by atoms with Crippen LogP contribution in [0.5, 0.6) is 0 Å². The van der Waals surface area contributed by atoms with Crippen molar-refractivity contribution in [2.45, 2.75) is 0 Å². The Morgan fingerprint density at radius 3 is 2.85 bits per heavy atom. The van der Waals surface area contributed by atoms with Gasteiger partial charge < -0.3 is 4.57 Å². The summed E-state index contributed by atoms with van der Waals surface area (Å²) in [6.45, 7) is 3.88. The molecule has 0 atom stereocenters. The fourth-order valence-corrected chi connectivity index (χ4v) is 1.35. The Bertz CT molecular complexity index is 416. The zero-order valence-electron chi connectivity index (χ0n) is 7.57. The minimum atomic E-state index is 0.977. The van der Waals surface area contributed by atoms with Gasteiger partial charge in [0.2, 0.25) is 0 Å². The number of hydrogen-bond acceptors (Lipinski definition) is 1.